The number of hydrogen-bond donors (Lipinski definition) is 2. The largest absolute Gasteiger partial charge is 0.355 e. The lowest BCUT2D eigenvalue weighted by Gasteiger charge is -2.10. The van der Waals surface area contributed by atoms with Gasteiger partial charge in [-0.1, -0.05) is 12.8 Å². The molecule has 0 saturated heterocycles. The molecular weight excluding hydrogens is 180 g/mol. The fourth-order valence-electron chi connectivity index (χ4n) is 1.76. The van der Waals surface area contributed by atoms with Crippen molar-refractivity contribution < 1.29 is 9.59 Å². The summed E-state index contributed by atoms with van der Waals surface area (Å²) < 4.78 is 0. The maximum absolute atomic E-state index is 11.5. The van der Waals surface area contributed by atoms with Crippen molar-refractivity contribution >= 4 is 11.8 Å². The van der Waals surface area contributed by atoms with Gasteiger partial charge in [-0.3, -0.25) is 9.59 Å². The molecule has 1 saturated carbocycles. The van der Waals surface area contributed by atoms with Gasteiger partial charge in [-0.25, -0.2) is 0 Å². The van der Waals surface area contributed by atoms with E-state index >= 15 is 0 Å². The first-order valence-electron chi connectivity index (χ1n) is 5.22. The van der Waals surface area contributed by atoms with Crippen molar-refractivity contribution in [2.24, 2.45) is 5.92 Å². The van der Waals surface area contributed by atoms with Crippen LogP contribution in [0.5, 0.6) is 0 Å². The van der Waals surface area contributed by atoms with Crippen LogP contribution in [0, 0.1) is 5.92 Å². The Hall–Kier alpha value is -1.06. The third-order valence-corrected chi connectivity index (χ3v) is 2.52. The van der Waals surface area contributed by atoms with Crippen molar-refractivity contribution in [3.63, 3.8) is 0 Å². The summed E-state index contributed by atoms with van der Waals surface area (Å²) in [6.07, 6.45) is 4.38. The SMILES string of the molecule is CC(=O)NCCNC(=O)C1CCCC1. The highest BCUT2D eigenvalue weighted by Gasteiger charge is 2.21. The number of rotatable bonds is 4. The van der Waals surface area contributed by atoms with Gasteiger partial charge in [0.25, 0.3) is 0 Å². The molecule has 2 N–H and O–H groups in total. The van der Waals surface area contributed by atoms with Gasteiger partial charge < -0.3 is 10.6 Å². The van der Waals surface area contributed by atoms with E-state index in [1.54, 1.807) is 0 Å². The first-order chi connectivity index (χ1) is 6.70. The van der Waals surface area contributed by atoms with Crippen LogP contribution in [-0.4, -0.2) is 24.9 Å². The molecular formula is C10H18N2O2. The van der Waals surface area contributed by atoms with Crippen molar-refractivity contribution in [1.82, 2.24) is 10.6 Å². The molecule has 1 fully saturated rings. The normalized spacial score (nSPS) is 16.6. The molecule has 1 aliphatic rings. The van der Waals surface area contributed by atoms with Crippen LogP contribution >= 0.6 is 0 Å². The molecule has 0 aliphatic heterocycles. The minimum absolute atomic E-state index is 0.0554. The highest BCUT2D eigenvalue weighted by molar-refractivity contribution is 5.79. The van der Waals surface area contributed by atoms with E-state index < -0.39 is 0 Å². The van der Waals surface area contributed by atoms with E-state index in [0.717, 1.165) is 12.8 Å². The van der Waals surface area contributed by atoms with Crippen molar-refractivity contribution in [1.29, 1.82) is 0 Å². The second kappa shape index (κ2) is 5.62. The van der Waals surface area contributed by atoms with E-state index in [1.807, 2.05) is 0 Å². The monoisotopic (exact) mass is 198 g/mol. The van der Waals surface area contributed by atoms with Gasteiger partial charge in [0.2, 0.25) is 11.8 Å². The average molecular weight is 198 g/mol. The molecule has 0 atom stereocenters. The fourth-order valence-corrected chi connectivity index (χ4v) is 1.76. The lowest BCUT2D eigenvalue weighted by molar-refractivity contribution is -0.125. The summed E-state index contributed by atoms with van der Waals surface area (Å²) in [6.45, 7) is 2.53. The molecule has 80 valence electrons. The van der Waals surface area contributed by atoms with Crippen LogP contribution in [0.4, 0.5) is 0 Å². The van der Waals surface area contributed by atoms with Crippen molar-refractivity contribution in [2.45, 2.75) is 32.6 Å². The third-order valence-electron chi connectivity index (χ3n) is 2.52. The molecule has 14 heavy (non-hydrogen) atoms. The Balaban J connectivity index is 2.05. The van der Waals surface area contributed by atoms with Gasteiger partial charge in [0.1, 0.15) is 0 Å². The van der Waals surface area contributed by atoms with Gasteiger partial charge >= 0.3 is 0 Å². The summed E-state index contributed by atoms with van der Waals surface area (Å²) in [5.74, 6) is 0.306. The summed E-state index contributed by atoms with van der Waals surface area (Å²) >= 11 is 0. The Morgan fingerprint density at radius 3 is 2.29 bits per heavy atom. The molecule has 0 bridgehead atoms. The molecule has 0 heterocycles. The number of nitrogens with one attached hydrogen (secondary N) is 2. The molecule has 0 aromatic heterocycles. The molecule has 2 amide bonds. The Kier molecular flexibility index (Phi) is 4.43. The van der Waals surface area contributed by atoms with Crippen LogP contribution in [0.25, 0.3) is 0 Å². The smallest absolute Gasteiger partial charge is 0.223 e. The van der Waals surface area contributed by atoms with Crippen molar-refractivity contribution in [3.8, 4) is 0 Å². The quantitative estimate of drug-likeness (QED) is 0.643. The van der Waals surface area contributed by atoms with Gasteiger partial charge in [-0.2, -0.15) is 0 Å². The minimum atomic E-state index is -0.0554. The van der Waals surface area contributed by atoms with E-state index in [-0.39, 0.29) is 17.7 Å². The third kappa shape index (κ3) is 3.77. The first kappa shape index (κ1) is 11.0. The lowest BCUT2D eigenvalue weighted by Crippen LogP contribution is -2.36. The Morgan fingerprint density at radius 1 is 1.14 bits per heavy atom. The topological polar surface area (TPSA) is 58.2 Å². The van der Waals surface area contributed by atoms with Gasteiger partial charge in [-0.05, 0) is 12.8 Å². The molecule has 1 aliphatic carbocycles. The van der Waals surface area contributed by atoms with Crippen molar-refractivity contribution in [2.75, 3.05) is 13.1 Å². The molecule has 1 rings (SSSR count). The molecule has 0 unspecified atom stereocenters. The number of hydrogen-bond acceptors (Lipinski definition) is 2. The summed E-state index contributed by atoms with van der Waals surface area (Å²) in [7, 11) is 0. The summed E-state index contributed by atoms with van der Waals surface area (Å²) in [4.78, 5) is 22.0. The number of amides is 2. The first-order valence-corrected chi connectivity index (χ1v) is 5.22. The molecule has 0 spiro atoms. The van der Waals surface area contributed by atoms with E-state index in [9.17, 15) is 9.59 Å². The predicted octanol–water partition coefficient (Wildman–Crippen LogP) is 0.429. The Labute approximate surface area is 84.4 Å². The predicted molar refractivity (Wildman–Crippen MR) is 53.7 cm³/mol. The fraction of sp³-hybridized carbons (Fsp3) is 0.800. The zero-order valence-electron chi connectivity index (χ0n) is 8.64. The maximum Gasteiger partial charge on any atom is 0.223 e. The van der Waals surface area contributed by atoms with Crippen LogP contribution < -0.4 is 10.6 Å². The summed E-state index contributed by atoms with van der Waals surface area (Å²) in [5, 5.41) is 5.46. The average Bonchev–Trinajstić information content (AvgIpc) is 2.64. The molecule has 0 aromatic rings. The van der Waals surface area contributed by atoms with Gasteiger partial charge in [0, 0.05) is 25.9 Å². The Morgan fingerprint density at radius 2 is 1.71 bits per heavy atom. The highest BCUT2D eigenvalue weighted by atomic mass is 16.2. The van der Waals surface area contributed by atoms with Crippen LogP contribution in [0.2, 0.25) is 0 Å². The van der Waals surface area contributed by atoms with Gasteiger partial charge in [0.05, 0.1) is 0 Å². The van der Waals surface area contributed by atoms with E-state index in [0.29, 0.717) is 13.1 Å². The summed E-state index contributed by atoms with van der Waals surface area (Å²) in [6, 6.07) is 0. The highest BCUT2D eigenvalue weighted by Crippen LogP contribution is 2.24. The molecule has 0 aromatic carbocycles. The van der Waals surface area contributed by atoms with Crippen LogP contribution in [-0.2, 0) is 9.59 Å². The van der Waals surface area contributed by atoms with Crippen LogP contribution in [0.15, 0.2) is 0 Å². The zero-order valence-corrected chi connectivity index (χ0v) is 8.64. The summed E-state index contributed by atoms with van der Waals surface area (Å²) in [5.41, 5.74) is 0. The van der Waals surface area contributed by atoms with Crippen LogP contribution in [0.1, 0.15) is 32.6 Å². The zero-order chi connectivity index (χ0) is 10.4. The van der Waals surface area contributed by atoms with Crippen molar-refractivity contribution in [3.05, 3.63) is 0 Å². The second-order valence-corrected chi connectivity index (χ2v) is 3.76. The number of carbonyl (C=O) groups excluding carboxylic acids is 2. The van der Waals surface area contributed by atoms with Gasteiger partial charge in [-0.15, -0.1) is 0 Å². The van der Waals surface area contributed by atoms with E-state index in [4.69, 9.17) is 0 Å². The molecule has 4 nitrogen and oxygen atoms in total. The molecule has 4 heteroatoms. The lowest BCUT2D eigenvalue weighted by atomic mass is 10.1. The van der Waals surface area contributed by atoms with Crippen LogP contribution in [0.3, 0.4) is 0 Å². The molecule has 0 radical (unpaired) electrons. The Bertz CT molecular complexity index is 210. The van der Waals surface area contributed by atoms with E-state index in [1.165, 1.54) is 19.8 Å². The standard InChI is InChI=1S/C10H18N2O2/c1-8(13)11-6-7-12-10(14)9-4-2-3-5-9/h9H,2-7H2,1H3,(H,11,13)(H,12,14). The van der Waals surface area contributed by atoms with E-state index in [2.05, 4.69) is 10.6 Å². The second-order valence-electron chi connectivity index (χ2n) is 3.76. The number of carbonyl (C=O) groups is 2. The maximum atomic E-state index is 11.5. The van der Waals surface area contributed by atoms with Gasteiger partial charge in [0.15, 0.2) is 0 Å². The minimum Gasteiger partial charge on any atom is -0.355 e.